The highest BCUT2D eigenvalue weighted by Gasteiger charge is 2.52. The number of nitrogens with two attached hydrogens (primary N) is 1. The molecule has 2 N–H and O–H groups in total. The molecule has 2 aliphatic heterocycles. The van der Waals surface area contributed by atoms with E-state index in [1.807, 2.05) is 0 Å². The number of rotatable bonds is 5. The zero-order chi connectivity index (χ0) is 24.3. The zero-order valence-corrected chi connectivity index (χ0v) is 19.0. The van der Waals surface area contributed by atoms with Gasteiger partial charge in [-0.15, -0.1) is 6.42 Å². The Morgan fingerprint density at radius 1 is 1.44 bits per heavy atom. The molecule has 1 aromatic carbocycles. The van der Waals surface area contributed by atoms with Crippen molar-refractivity contribution >= 4 is 34.9 Å². The van der Waals surface area contributed by atoms with Gasteiger partial charge in [-0.2, -0.15) is 0 Å². The largest absolute Gasteiger partial charge is 0.463 e. The van der Waals surface area contributed by atoms with Crippen molar-refractivity contribution in [1.82, 2.24) is 14.9 Å². The molecule has 0 aliphatic carbocycles. The summed E-state index contributed by atoms with van der Waals surface area (Å²) in [6.45, 7) is 0.461. The molecule has 11 heteroatoms. The lowest BCUT2D eigenvalue weighted by Crippen LogP contribution is -2.41. The molecule has 1 aromatic heterocycles. The van der Waals surface area contributed by atoms with Crippen LogP contribution in [0.15, 0.2) is 35.6 Å². The molecule has 0 spiro atoms. The average Bonchev–Trinajstić information content (AvgIpc) is 3.23. The lowest BCUT2D eigenvalue weighted by Gasteiger charge is -2.34. The standard InChI is InChI=1S/C23H21F2N5O3S/c1-3-6-33-20-10-27-19(9-28-20)18(25)8-14-4-5-17(24)16(7-14)23-13-30(22(31)32-2)11-15(23)12-34-21(26)29-23/h1,4-5,7-10,15H,6,11-13H2,2H3,(H2,26,29)/b18-8-/t15-,23+/m1/s1. The Hall–Kier alpha value is -3.65. The Balaban J connectivity index is 1.68. The van der Waals surface area contributed by atoms with Crippen LogP contribution in [0.5, 0.6) is 5.88 Å². The topological polar surface area (TPSA) is 103 Å². The lowest BCUT2D eigenvalue weighted by atomic mass is 9.81. The molecule has 4 rings (SSSR count). The molecular formula is C23H21F2N5O3S. The van der Waals surface area contributed by atoms with Gasteiger partial charge in [0.15, 0.2) is 17.6 Å². The minimum atomic E-state index is -1.09. The number of likely N-dealkylation sites (tertiary alicyclic amines) is 1. The predicted molar refractivity (Wildman–Crippen MR) is 125 cm³/mol. The minimum Gasteiger partial charge on any atom is -0.463 e. The van der Waals surface area contributed by atoms with Crippen LogP contribution in [-0.2, 0) is 10.3 Å². The van der Waals surface area contributed by atoms with Gasteiger partial charge in [-0.25, -0.2) is 28.5 Å². The van der Waals surface area contributed by atoms with E-state index in [1.54, 1.807) is 0 Å². The summed E-state index contributed by atoms with van der Waals surface area (Å²) in [6.07, 6.45) is 8.30. The molecule has 0 bridgehead atoms. The number of amides is 1. The van der Waals surface area contributed by atoms with E-state index < -0.39 is 23.3 Å². The highest BCUT2D eigenvalue weighted by Crippen LogP contribution is 2.46. The molecule has 176 valence electrons. The number of terminal acetylenes is 1. The number of methoxy groups -OCH3 is 1. The SMILES string of the molecule is C#CCOc1cnc(/C(F)=C/c2ccc(F)c([C@]34CN(C(=O)OC)C[C@@H]3CSC(N)=N4)c2)cn1. The number of aliphatic imine (C=N–C) groups is 1. The van der Waals surface area contributed by atoms with Gasteiger partial charge in [-0.05, 0) is 23.8 Å². The van der Waals surface area contributed by atoms with Gasteiger partial charge in [0.1, 0.15) is 17.1 Å². The van der Waals surface area contributed by atoms with E-state index in [4.69, 9.17) is 21.6 Å². The lowest BCUT2D eigenvalue weighted by molar-refractivity contribution is 0.130. The number of benzene rings is 1. The van der Waals surface area contributed by atoms with Gasteiger partial charge in [-0.3, -0.25) is 0 Å². The second kappa shape index (κ2) is 9.69. The van der Waals surface area contributed by atoms with E-state index in [0.29, 0.717) is 23.0 Å². The van der Waals surface area contributed by atoms with Crippen LogP contribution in [0.1, 0.15) is 16.8 Å². The van der Waals surface area contributed by atoms with Gasteiger partial charge in [0.05, 0.1) is 26.0 Å². The van der Waals surface area contributed by atoms with Crippen molar-refractivity contribution in [2.45, 2.75) is 5.54 Å². The van der Waals surface area contributed by atoms with Crippen LogP contribution in [0.25, 0.3) is 11.9 Å². The Morgan fingerprint density at radius 2 is 2.26 bits per heavy atom. The van der Waals surface area contributed by atoms with E-state index in [9.17, 15) is 9.18 Å². The maximum absolute atomic E-state index is 15.1. The number of nitrogens with zero attached hydrogens (tertiary/aromatic N) is 4. The minimum absolute atomic E-state index is 0.0202. The number of aromatic nitrogens is 2. The van der Waals surface area contributed by atoms with Gasteiger partial charge in [0, 0.05) is 23.8 Å². The predicted octanol–water partition coefficient (Wildman–Crippen LogP) is 3.05. The third-order valence-electron chi connectivity index (χ3n) is 5.65. The third-order valence-corrected chi connectivity index (χ3v) is 6.61. The molecule has 0 unspecified atom stereocenters. The monoisotopic (exact) mass is 485 g/mol. The molecular weight excluding hydrogens is 464 g/mol. The van der Waals surface area contributed by atoms with Crippen molar-refractivity contribution in [3.63, 3.8) is 0 Å². The first-order valence-electron chi connectivity index (χ1n) is 10.2. The van der Waals surface area contributed by atoms with Gasteiger partial charge >= 0.3 is 6.09 Å². The van der Waals surface area contributed by atoms with Crippen LogP contribution in [0.4, 0.5) is 13.6 Å². The number of hydrogen-bond acceptors (Lipinski definition) is 8. The number of fused-ring (bicyclic) bond motifs is 1. The van der Waals surface area contributed by atoms with Crippen LogP contribution in [0.3, 0.4) is 0 Å². The summed E-state index contributed by atoms with van der Waals surface area (Å²) < 4.78 is 40.0. The van der Waals surface area contributed by atoms with E-state index >= 15 is 4.39 Å². The van der Waals surface area contributed by atoms with Crippen molar-refractivity contribution in [1.29, 1.82) is 0 Å². The van der Waals surface area contributed by atoms with Crippen LogP contribution >= 0.6 is 11.8 Å². The summed E-state index contributed by atoms with van der Waals surface area (Å²) in [5.74, 6) is 1.64. The maximum Gasteiger partial charge on any atom is 0.409 e. The summed E-state index contributed by atoms with van der Waals surface area (Å²) in [4.78, 5) is 26.2. The number of carbonyl (C=O) groups is 1. The molecule has 1 amide bonds. The fraction of sp³-hybridized carbons (Fsp3) is 0.304. The molecule has 1 fully saturated rings. The summed E-state index contributed by atoms with van der Waals surface area (Å²) >= 11 is 1.35. The second-order valence-corrected chi connectivity index (χ2v) is 8.74. The van der Waals surface area contributed by atoms with Crippen LogP contribution in [0, 0.1) is 24.1 Å². The fourth-order valence-electron chi connectivity index (χ4n) is 4.08. The Labute approximate surface area is 199 Å². The molecule has 0 radical (unpaired) electrons. The van der Waals surface area contributed by atoms with E-state index in [0.717, 1.165) is 0 Å². The van der Waals surface area contributed by atoms with Gasteiger partial charge < -0.3 is 20.1 Å². The highest BCUT2D eigenvalue weighted by molar-refractivity contribution is 8.13. The maximum atomic E-state index is 15.1. The number of amidine groups is 1. The van der Waals surface area contributed by atoms with Crippen molar-refractivity contribution in [3.05, 3.63) is 53.2 Å². The molecule has 2 aromatic rings. The molecule has 0 saturated carbocycles. The number of halogens is 2. The summed E-state index contributed by atoms with van der Waals surface area (Å²) in [6, 6.07) is 4.21. The first-order valence-corrected chi connectivity index (χ1v) is 11.2. The Morgan fingerprint density at radius 3 is 2.97 bits per heavy atom. The molecule has 8 nitrogen and oxygen atoms in total. The fourth-order valence-corrected chi connectivity index (χ4v) is 5.06. The number of thioether (sulfide) groups is 1. The number of hydrogen-bond donors (Lipinski definition) is 1. The smallest absolute Gasteiger partial charge is 0.409 e. The second-order valence-electron chi connectivity index (χ2n) is 7.70. The number of carbonyl (C=O) groups excluding carboxylic acids is 1. The van der Waals surface area contributed by atoms with E-state index in [-0.39, 0.29) is 36.2 Å². The van der Waals surface area contributed by atoms with Crippen LogP contribution in [-0.4, -0.2) is 58.7 Å². The summed E-state index contributed by atoms with van der Waals surface area (Å²) in [5, 5.41) is 0.303. The Bertz CT molecular complexity index is 1200. The summed E-state index contributed by atoms with van der Waals surface area (Å²) in [7, 11) is 1.29. The van der Waals surface area contributed by atoms with Crippen molar-refractivity contribution < 1.29 is 23.0 Å². The number of ether oxygens (including phenoxy) is 2. The normalized spacial score (nSPS) is 21.9. The van der Waals surface area contributed by atoms with Gasteiger partial charge in [0.2, 0.25) is 5.88 Å². The first-order chi connectivity index (χ1) is 16.4. The van der Waals surface area contributed by atoms with Gasteiger partial charge in [0.25, 0.3) is 0 Å². The third kappa shape index (κ3) is 4.54. The molecule has 2 atom stereocenters. The highest BCUT2D eigenvalue weighted by atomic mass is 32.2. The molecule has 34 heavy (non-hydrogen) atoms. The van der Waals surface area contributed by atoms with E-state index in [2.05, 4.69) is 20.9 Å². The molecule has 3 heterocycles. The average molecular weight is 486 g/mol. The van der Waals surface area contributed by atoms with Crippen molar-refractivity contribution in [2.24, 2.45) is 16.6 Å². The molecule has 1 saturated heterocycles. The zero-order valence-electron chi connectivity index (χ0n) is 18.2. The van der Waals surface area contributed by atoms with Gasteiger partial charge in [-0.1, -0.05) is 23.7 Å². The van der Waals surface area contributed by atoms with Crippen LogP contribution < -0.4 is 10.5 Å². The molecule has 2 aliphatic rings. The van der Waals surface area contributed by atoms with Crippen LogP contribution in [0.2, 0.25) is 0 Å². The quantitative estimate of drug-likeness (QED) is 0.650. The van der Waals surface area contributed by atoms with Crippen molar-refractivity contribution in [2.75, 3.05) is 32.6 Å². The van der Waals surface area contributed by atoms with Crippen molar-refractivity contribution in [3.8, 4) is 18.2 Å². The van der Waals surface area contributed by atoms with E-state index in [1.165, 1.54) is 60.4 Å². The Kier molecular flexibility index (Phi) is 6.70. The summed E-state index contributed by atoms with van der Waals surface area (Å²) in [5.41, 5.74) is 5.51. The first kappa shape index (κ1) is 23.5.